The molecule has 1 atom stereocenters. The van der Waals surface area contributed by atoms with Crippen molar-refractivity contribution in [2.75, 3.05) is 20.3 Å². The Bertz CT molecular complexity index is 575. The van der Waals surface area contributed by atoms with Crippen LogP contribution in [0.4, 0.5) is 0 Å². The van der Waals surface area contributed by atoms with Crippen molar-refractivity contribution in [1.82, 2.24) is 10.3 Å². The van der Waals surface area contributed by atoms with Crippen LogP contribution in [0.5, 0.6) is 0 Å². The lowest BCUT2D eigenvalue weighted by molar-refractivity contribution is 0.0722. The quantitative estimate of drug-likeness (QED) is 0.819. The standard InChI is InChI=1S/C14H18N2O3S2/c1-14(4-5-17,9-19-2)16-12(18)11-8-21-13(15-11)10-3-6-20-7-10/h3,6-8,17H,4-5,9H2,1-2H3,(H,16,18). The van der Waals surface area contributed by atoms with Gasteiger partial charge in [-0.1, -0.05) is 0 Å². The highest BCUT2D eigenvalue weighted by molar-refractivity contribution is 7.14. The number of amides is 1. The summed E-state index contributed by atoms with van der Waals surface area (Å²) in [6, 6.07) is 1.98. The van der Waals surface area contributed by atoms with Gasteiger partial charge >= 0.3 is 0 Å². The number of aliphatic hydroxyl groups excluding tert-OH is 1. The zero-order valence-corrected chi connectivity index (χ0v) is 13.6. The second kappa shape index (κ2) is 7.13. The van der Waals surface area contributed by atoms with Gasteiger partial charge in [0.1, 0.15) is 10.7 Å². The summed E-state index contributed by atoms with van der Waals surface area (Å²) in [6.45, 7) is 2.16. The zero-order chi connectivity index (χ0) is 15.3. The Kier molecular flexibility index (Phi) is 5.46. The number of rotatable bonds is 7. The molecule has 2 aromatic rings. The highest BCUT2D eigenvalue weighted by Crippen LogP contribution is 2.25. The predicted octanol–water partition coefficient (Wildman–Crippen LogP) is 2.39. The molecule has 2 rings (SSSR count). The number of carbonyl (C=O) groups excluding carboxylic acids is 1. The van der Waals surface area contributed by atoms with Crippen LogP contribution in [0.1, 0.15) is 23.8 Å². The van der Waals surface area contributed by atoms with Gasteiger partial charge in [-0.3, -0.25) is 4.79 Å². The summed E-state index contributed by atoms with van der Waals surface area (Å²) in [5.74, 6) is -0.249. The Morgan fingerprint density at radius 3 is 2.95 bits per heavy atom. The van der Waals surface area contributed by atoms with E-state index in [1.165, 1.54) is 11.3 Å². The number of methoxy groups -OCH3 is 1. The monoisotopic (exact) mass is 326 g/mol. The Hall–Kier alpha value is -1.28. The normalized spacial score (nSPS) is 13.9. The minimum Gasteiger partial charge on any atom is -0.396 e. The van der Waals surface area contributed by atoms with Crippen LogP contribution in [0.15, 0.2) is 22.2 Å². The lowest BCUT2D eigenvalue weighted by Gasteiger charge is -2.29. The first kappa shape index (κ1) is 16.1. The Morgan fingerprint density at radius 2 is 2.33 bits per heavy atom. The van der Waals surface area contributed by atoms with Crippen molar-refractivity contribution in [2.24, 2.45) is 0 Å². The maximum atomic E-state index is 12.3. The second-order valence-corrected chi connectivity index (χ2v) is 6.61. The number of thiazole rings is 1. The van der Waals surface area contributed by atoms with Crippen LogP contribution in [0, 0.1) is 0 Å². The molecule has 114 valence electrons. The lowest BCUT2D eigenvalue weighted by atomic mass is 9.99. The van der Waals surface area contributed by atoms with E-state index < -0.39 is 5.54 Å². The highest BCUT2D eigenvalue weighted by atomic mass is 32.1. The predicted molar refractivity (Wildman–Crippen MR) is 84.9 cm³/mol. The van der Waals surface area contributed by atoms with E-state index in [0.29, 0.717) is 18.7 Å². The van der Waals surface area contributed by atoms with E-state index in [-0.39, 0.29) is 12.5 Å². The minimum atomic E-state index is -0.604. The SMILES string of the molecule is COCC(C)(CCO)NC(=O)c1csc(-c2ccsc2)n1. The molecule has 1 amide bonds. The average molecular weight is 326 g/mol. The summed E-state index contributed by atoms with van der Waals surface area (Å²) in [7, 11) is 1.57. The third-order valence-corrected chi connectivity index (χ3v) is 4.62. The van der Waals surface area contributed by atoms with Crippen LogP contribution in [0.3, 0.4) is 0 Å². The Morgan fingerprint density at radius 1 is 1.52 bits per heavy atom. The number of hydrogen-bond donors (Lipinski definition) is 2. The number of thiophene rings is 1. The van der Waals surface area contributed by atoms with Gasteiger partial charge in [-0.25, -0.2) is 4.98 Å². The molecule has 5 nitrogen and oxygen atoms in total. The van der Waals surface area contributed by atoms with E-state index in [4.69, 9.17) is 9.84 Å². The molecular weight excluding hydrogens is 308 g/mol. The summed E-state index contributed by atoms with van der Waals surface area (Å²) >= 11 is 3.04. The molecule has 7 heteroatoms. The third-order valence-electron chi connectivity index (χ3n) is 3.05. The largest absolute Gasteiger partial charge is 0.396 e. The molecule has 0 aliphatic carbocycles. The number of ether oxygens (including phenoxy) is 1. The van der Waals surface area contributed by atoms with Gasteiger partial charge in [0.25, 0.3) is 5.91 Å². The number of nitrogens with zero attached hydrogens (tertiary/aromatic N) is 1. The van der Waals surface area contributed by atoms with Crippen LogP contribution in [-0.4, -0.2) is 41.9 Å². The van der Waals surface area contributed by atoms with Crippen molar-refractivity contribution in [1.29, 1.82) is 0 Å². The molecule has 0 aliphatic rings. The number of carbonyl (C=O) groups is 1. The van der Waals surface area contributed by atoms with E-state index >= 15 is 0 Å². The molecule has 0 saturated heterocycles. The smallest absolute Gasteiger partial charge is 0.271 e. The number of hydrogen-bond acceptors (Lipinski definition) is 6. The topological polar surface area (TPSA) is 71.5 Å². The summed E-state index contributed by atoms with van der Waals surface area (Å²) in [6.07, 6.45) is 0.425. The molecular formula is C14H18N2O3S2. The number of nitrogens with one attached hydrogen (secondary N) is 1. The number of aliphatic hydroxyl groups is 1. The van der Waals surface area contributed by atoms with E-state index in [9.17, 15) is 4.79 Å². The lowest BCUT2D eigenvalue weighted by Crippen LogP contribution is -2.50. The molecule has 0 aromatic carbocycles. The van der Waals surface area contributed by atoms with Gasteiger partial charge in [0.15, 0.2) is 0 Å². The van der Waals surface area contributed by atoms with E-state index in [1.54, 1.807) is 23.8 Å². The first-order valence-corrected chi connectivity index (χ1v) is 8.30. The first-order chi connectivity index (χ1) is 10.1. The summed E-state index contributed by atoms with van der Waals surface area (Å²) in [5.41, 5.74) is 0.813. The number of aromatic nitrogens is 1. The zero-order valence-electron chi connectivity index (χ0n) is 12.0. The minimum absolute atomic E-state index is 0.0165. The second-order valence-electron chi connectivity index (χ2n) is 4.97. The van der Waals surface area contributed by atoms with Crippen LogP contribution in [0.25, 0.3) is 10.6 Å². The maximum Gasteiger partial charge on any atom is 0.271 e. The molecule has 2 heterocycles. The Labute approximate surface area is 131 Å². The van der Waals surface area contributed by atoms with Crippen LogP contribution < -0.4 is 5.32 Å². The van der Waals surface area contributed by atoms with Crippen LogP contribution in [0.2, 0.25) is 0 Å². The van der Waals surface area contributed by atoms with Crippen LogP contribution in [-0.2, 0) is 4.74 Å². The van der Waals surface area contributed by atoms with E-state index in [2.05, 4.69) is 10.3 Å². The summed E-state index contributed by atoms with van der Waals surface area (Å²) in [5, 5.41) is 18.6. The fourth-order valence-electron chi connectivity index (χ4n) is 1.97. The highest BCUT2D eigenvalue weighted by Gasteiger charge is 2.27. The van der Waals surface area contributed by atoms with E-state index in [1.807, 2.05) is 23.8 Å². The fourth-order valence-corrected chi connectivity index (χ4v) is 3.48. The van der Waals surface area contributed by atoms with Gasteiger partial charge in [0.2, 0.25) is 0 Å². The van der Waals surface area contributed by atoms with Crippen LogP contribution >= 0.6 is 22.7 Å². The van der Waals surface area contributed by atoms with Crippen molar-refractivity contribution < 1.29 is 14.6 Å². The molecule has 0 fully saturated rings. The van der Waals surface area contributed by atoms with E-state index in [0.717, 1.165) is 10.6 Å². The molecule has 0 radical (unpaired) electrons. The maximum absolute atomic E-state index is 12.3. The molecule has 2 aromatic heterocycles. The molecule has 1 unspecified atom stereocenters. The molecule has 0 spiro atoms. The molecule has 2 N–H and O–H groups in total. The van der Waals surface area contributed by atoms with Crippen molar-refractivity contribution in [3.8, 4) is 10.6 Å². The van der Waals surface area contributed by atoms with Gasteiger partial charge in [-0.05, 0) is 24.8 Å². The molecule has 21 heavy (non-hydrogen) atoms. The van der Waals surface area contributed by atoms with Gasteiger partial charge in [0, 0.05) is 30.0 Å². The molecule has 0 aliphatic heterocycles. The average Bonchev–Trinajstić information content (AvgIpc) is 3.10. The fraction of sp³-hybridized carbons (Fsp3) is 0.429. The summed E-state index contributed by atoms with van der Waals surface area (Å²) in [4.78, 5) is 16.7. The van der Waals surface area contributed by atoms with Crippen molar-refractivity contribution in [3.63, 3.8) is 0 Å². The third kappa shape index (κ3) is 4.10. The summed E-state index contributed by atoms with van der Waals surface area (Å²) < 4.78 is 5.12. The first-order valence-electron chi connectivity index (χ1n) is 6.48. The van der Waals surface area contributed by atoms with Gasteiger partial charge in [-0.2, -0.15) is 11.3 Å². The van der Waals surface area contributed by atoms with Crippen molar-refractivity contribution in [2.45, 2.75) is 18.9 Å². The van der Waals surface area contributed by atoms with Crippen molar-refractivity contribution in [3.05, 3.63) is 27.9 Å². The molecule has 0 saturated carbocycles. The van der Waals surface area contributed by atoms with Crippen molar-refractivity contribution >= 4 is 28.6 Å². The Balaban J connectivity index is 2.09. The van der Waals surface area contributed by atoms with Gasteiger partial charge in [-0.15, -0.1) is 11.3 Å². The molecule has 0 bridgehead atoms. The van der Waals surface area contributed by atoms with Gasteiger partial charge in [0.05, 0.1) is 12.1 Å². The van der Waals surface area contributed by atoms with Gasteiger partial charge < -0.3 is 15.2 Å².